The van der Waals surface area contributed by atoms with Gasteiger partial charge in [0.1, 0.15) is 5.75 Å². The predicted octanol–water partition coefficient (Wildman–Crippen LogP) is 2.64. The highest BCUT2D eigenvalue weighted by Gasteiger charge is 2.16. The maximum atomic E-state index is 12.1. The standard InChI is InChI=1S/C17H14O4/c1-20-13-10-14(17(19)16(11-13)21-2)15(18)9-8-12-6-4-3-5-7-12/h3-7,10-11,19H,1-2H3. The van der Waals surface area contributed by atoms with Gasteiger partial charge in [0, 0.05) is 11.6 Å². The van der Waals surface area contributed by atoms with E-state index in [-0.39, 0.29) is 17.1 Å². The summed E-state index contributed by atoms with van der Waals surface area (Å²) in [5.74, 6) is 5.08. The SMILES string of the molecule is COc1cc(OC)c(O)c(C(=O)C#Cc2ccccc2)c1. The van der Waals surface area contributed by atoms with Gasteiger partial charge in [-0.3, -0.25) is 4.79 Å². The molecule has 0 aromatic heterocycles. The first-order valence-electron chi connectivity index (χ1n) is 6.22. The van der Waals surface area contributed by atoms with E-state index in [4.69, 9.17) is 9.47 Å². The lowest BCUT2D eigenvalue weighted by atomic mass is 10.1. The van der Waals surface area contributed by atoms with Crippen LogP contribution in [0.1, 0.15) is 15.9 Å². The molecule has 0 bridgehead atoms. The van der Waals surface area contributed by atoms with Gasteiger partial charge in [-0.1, -0.05) is 24.1 Å². The van der Waals surface area contributed by atoms with Crippen LogP contribution >= 0.6 is 0 Å². The Morgan fingerprint density at radius 2 is 1.81 bits per heavy atom. The first-order valence-corrected chi connectivity index (χ1v) is 6.22. The molecule has 4 nitrogen and oxygen atoms in total. The number of benzene rings is 2. The fourth-order valence-corrected chi connectivity index (χ4v) is 1.75. The molecule has 0 radical (unpaired) electrons. The molecule has 2 rings (SSSR count). The van der Waals surface area contributed by atoms with E-state index in [2.05, 4.69) is 11.8 Å². The number of phenols is 1. The Kier molecular flexibility index (Phi) is 4.47. The molecule has 0 fully saturated rings. The van der Waals surface area contributed by atoms with Crippen molar-refractivity contribution in [1.29, 1.82) is 0 Å². The van der Waals surface area contributed by atoms with Crippen molar-refractivity contribution in [3.63, 3.8) is 0 Å². The van der Waals surface area contributed by atoms with Crippen LogP contribution in [0, 0.1) is 11.8 Å². The second kappa shape index (κ2) is 6.49. The zero-order valence-electron chi connectivity index (χ0n) is 11.7. The maximum Gasteiger partial charge on any atom is 0.240 e. The summed E-state index contributed by atoms with van der Waals surface area (Å²) in [6.07, 6.45) is 0. The number of Topliss-reactive ketones (excluding diaryl/α,β-unsaturated/α-hetero) is 1. The summed E-state index contributed by atoms with van der Waals surface area (Å²) in [7, 11) is 2.87. The van der Waals surface area contributed by atoms with Gasteiger partial charge in [0.05, 0.1) is 19.8 Å². The Morgan fingerprint density at radius 1 is 1.10 bits per heavy atom. The second-order valence-electron chi connectivity index (χ2n) is 4.17. The maximum absolute atomic E-state index is 12.1. The molecule has 0 heterocycles. The second-order valence-corrected chi connectivity index (χ2v) is 4.17. The van der Waals surface area contributed by atoms with E-state index >= 15 is 0 Å². The van der Waals surface area contributed by atoms with Crippen molar-refractivity contribution in [2.24, 2.45) is 0 Å². The van der Waals surface area contributed by atoms with Gasteiger partial charge in [0.2, 0.25) is 5.78 Å². The minimum absolute atomic E-state index is 0.0506. The number of ketones is 1. The van der Waals surface area contributed by atoms with Crippen molar-refractivity contribution < 1.29 is 19.4 Å². The number of ether oxygens (including phenoxy) is 2. The highest BCUT2D eigenvalue weighted by molar-refractivity contribution is 6.11. The summed E-state index contributed by atoms with van der Waals surface area (Å²) in [6.45, 7) is 0. The number of methoxy groups -OCH3 is 2. The van der Waals surface area contributed by atoms with E-state index in [1.807, 2.05) is 18.2 Å². The van der Waals surface area contributed by atoms with E-state index in [9.17, 15) is 9.90 Å². The molecule has 0 amide bonds. The third kappa shape index (κ3) is 3.34. The van der Waals surface area contributed by atoms with Gasteiger partial charge >= 0.3 is 0 Å². The number of carbonyl (C=O) groups is 1. The summed E-state index contributed by atoms with van der Waals surface area (Å²) in [6, 6.07) is 12.1. The lowest BCUT2D eigenvalue weighted by molar-refractivity contribution is 0.105. The molecule has 0 aliphatic heterocycles. The quantitative estimate of drug-likeness (QED) is 0.694. The van der Waals surface area contributed by atoms with Crippen LogP contribution in [0.5, 0.6) is 17.2 Å². The van der Waals surface area contributed by atoms with Crippen LogP contribution in [0.4, 0.5) is 0 Å². The van der Waals surface area contributed by atoms with E-state index in [0.717, 1.165) is 5.56 Å². The van der Waals surface area contributed by atoms with Gasteiger partial charge in [0.15, 0.2) is 11.5 Å². The summed E-state index contributed by atoms with van der Waals surface area (Å²) in [5.41, 5.74) is 0.773. The molecule has 0 spiro atoms. The monoisotopic (exact) mass is 282 g/mol. The third-order valence-electron chi connectivity index (χ3n) is 2.84. The summed E-state index contributed by atoms with van der Waals surface area (Å²) in [5, 5.41) is 10.0. The van der Waals surface area contributed by atoms with Gasteiger partial charge in [-0.05, 0) is 24.1 Å². The van der Waals surface area contributed by atoms with Crippen molar-refractivity contribution in [2.75, 3.05) is 14.2 Å². The molecule has 0 aliphatic carbocycles. The number of carbonyl (C=O) groups excluding carboxylic acids is 1. The molecule has 0 saturated heterocycles. The molecule has 0 saturated carbocycles. The minimum atomic E-state index is -0.506. The zero-order chi connectivity index (χ0) is 15.2. The van der Waals surface area contributed by atoms with Crippen LogP contribution < -0.4 is 9.47 Å². The number of phenolic OH excluding ortho intramolecular Hbond substituents is 1. The normalized spacial score (nSPS) is 9.43. The summed E-state index contributed by atoms with van der Waals surface area (Å²) < 4.78 is 10.1. The van der Waals surface area contributed by atoms with Crippen molar-refractivity contribution >= 4 is 5.78 Å². The third-order valence-corrected chi connectivity index (χ3v) is 2.84. The Labute approximate surface area is 122 Å². The minimum Gasteiger partial charge on any atom is -0.504 e. The van der Waals surface area contributed by atoms with Crippen LogP contribution in [-0.2, 0) is 0 Å². The van der Waals surface area contributed by atoms with Crippen molar-refractivity contribution in [1.82, 2.24) is 0 Å². The van der Waals surface area contributed by atoms with Crippen molar-refractivity contribution in [3.8, 4) is 29.1 Å². The zero-order valence-corrected chi connectivity index (χ0v) is 11.7. The van der Waals surface area contributed by atoms with Crippen LogP contribution in [0.25, 0.3) is 0 Å². The molecule has 0 atom stereocenters. The number of hydrogen-bond acceptors (Lipinski definition) is 4. The highest BCUT2D eigenvalue weighted by atomic mass is 16.5. The molecule has 2 aromatic carbocycles. The first-order chi connectivity index (χ1) is 10.2. The van der Waals surface area contributed by atoms with Crippen molar-refractivity contribution in [2.45, 2.75) is 0 Å². The Balaban J connectivity index is 2.38. The van der Waals surface area contributed by atoms with E-state index in [0.29, 0.717) is 5.75 Å². The van der Waals surface area contributed by atoms with Crippen molar-refractivity contribution in [3.05, 3.63) is 53.6 Å². The molecule has 1 N–H and O–H groups in total. The van der Waals surface area contributed by atoms with E-state index in [1.165, 1.54) is 26.4 Å². The first kappa shape index (κ1) is 14.5. The molecule has 0 unspecified atom stereocenters. The number of hydrogen-bond donors (Lipinski definition) is 1. The number of aromatic hydroxyl groups is 1. The molecule has 0 aliphatic rings. The lowest BCUT2D eigenvalue weighted by Gasteiger charge is -2.09. The largest absolute Gasteiger partial charge is 0.504 e. The molecule has 4 heteroatoms. The summed E-state index contributed by atoms with van der Waals surface area (Å²) >= 11 is 0. The summed E-state index contributed by atoms with van der Waals surface area (Å²) in [4.78, 5) is 12.1. The Morgan fingerprint density at radius 3 is 2.43 bits per heavy atom. The van der Waals surface area contributed by atoms with E-state index < -0.39 is 5.78 Å². The average molecular weight is 282 g/mol. The fourth-order valence-electron chi connectivity index (χ4n) is 1.75. The Bertz CT molecular complexity index is 709. The van der Waals surface area contributed by atoms with Crippen LogP contribution in [0.3, 0.4) is 0 Å². The van der Waals surface area contributed by atoms with Gasteiger partial charge in [-0.2, -0.15) is 0 Å². The van der Waals surface area contributed by atoms with Gasteiger partial charge < -0.3 is 14.6 Å². The molecular weight excluding hydrogens is 268 g/mol. The Hall–Kier alpha value is -2.93. The predicted molar refractivity (Wildman–Crippen MR) is 78.9 cm³/mol. The van der Waals surface area contributed by atoms with Crippen LogP contribution in [0.2, 0.25) is 0 Å². The van der Waals surface area contributed by atoms with Gasteiger partial charge in [0.25, 0.3) is 0 Å². The van der Waals surface area contributed by atoms with Gasteiger partial charge in [-0.25, -0.2) is 0 Å². The molecular formula is C17H14O4. The smallest absolute Gasteiger partial charge is 0.240 e. The number of rotatable bonds is 3. The lowest BCUT2D eigenvalue weighted by Crippen LogP contribution is -1.99. The van der Waals surface area contributed by atoms with Crippen LogP contribution in [-0.4, -0.2) is 25.1 Å². The van der Waals surface area contributed by atoms with Gasteiger partial charge in [-0.15, -0.1) is 0 Å². The van der Waals surface area contributed by atoms with Crippen LogP contribution in [0.15, 0.2) is 42.5 Å². The van der Waals surface area contributed by atoms with E-state index in [1.54, 1.807) is 12.1 Å². The molecule has 21 heavy (non-hydrogen) atoms. The fraction of sp³-hybridized carbons (Fsp3) is 0.118. The molecule has 106 valence electrons. The average Bonchev–Trinajstić information content (AvgIpc) is 2.53. The topological polar surface area (TPSA) is 55.8 Å². The highest BCUT2D eigenvalue weighted by Crippen LogP contribution is 2.34. The molecule has 2 aromatic rings.